The van der Waals surface area contributed by atoms with E-state index in [0.717, 1.165) is 32.2 Å². The fourth-order valence-corrected chi connectivity index (χ4v) is 1.93. The molecule has 5 nitrogen and oxygen atoms in total. The lowest BCUT2D eigenvalue weighted by Gasteiger charge is -2.07. The number of benzene rings is 1. The van der Waals surface area contributed by atoms with Crippen LogP contribution in [0.5, 0.6) is 0 Å². The molecule has 0 aromatic heterocycles. The van der Waals surface area contributed by atoms with E-state index in [9.17, 15) is 9.59 Å². The lowest BCUT2D eigenvalue weighted by molar-refractivity contribution is -0.116. The number of ether oxygens (including phenoxy) is 1. The largest absolute Gasteiger partial charge is 0.462 e. The Hall–Kier alpha value is -1.88. The summed E-state index contributed by atoms with van der Waals surface area (Å²) >= 11 is 0. The van der Waals surface area contributed by atoms with Crippen LogP contribution in [0.4, 0.5) is 5.69 Å². The van der Waals surface area contributed by atoms with Crippen LogP contribution >= 0.6 is 0 Å². The molecule has 1 aromatic rings. The maximum absolute atomic E-state index is 11.8. The van der Waals surface area contributed by atoms with Crippen molar-refractivity contribution in [3.8, 4) is 0 Å². The molecular formula is C18H28N2O3. The zero-order valence-corrected chi connectivity index (χ0v) is 14.2. The number of hydrogen-bond donors (Lipinski definition) is 2. The molecule has 0 radical (unpaired) electrons. The molecule has 1 aromatic carbocycles. The maximum Gasteiger partial charge on any atom is 0.338 e. The van der Waals surface area contributed by atoms with E-state index in [-0.39, 0.29) is 11.9 Å². The molecule has 0 spiro atoms. The summed E-state index contributed by atoms with van der Waals surface area (Å²) in [6, 6.07) is 6.78. The zero-order valence-electron chi connectivity index (χ0n) is 14.2. The van der Waals surface area contributed by atoms with Gasteiger partial charge in [-0.25, -0.2) is 4.79 Å². The zero-order chi connectivity index (χ0) is 16.9. The van der Waals surface area contributed by atoms with Crippen LogP contribution in [0, 0.1) is 0 Å². The first kappa shape index (κ1) is 19.2. The third-order valence-electron chi connectivity index (χ3n) is 3.37. The third kappa shape index (κ3) is 8.35. The summed E-state index contributed by atoms with van der Waals surface area (Å²) in [4.78, 5) is 23.6. The quantitative estimate of drug-likeness (QED) is 0.484. The Kier molecular flexibility index (Phi) is 9.71. The molecule has 0 unspecified atom stereocenters. The van der Waals surface area contributed by atoms with E-state index < -0.39 is 0 Å². The average Bonchev–Trinajstić information content (AvgIpc) is 2.55. The Morgan fingerprint density at radius 3 is 2.35 bits per heavy atom. The minimum atomic E-state index is -0.323. The first-order valence-corrected chi connectivity index (χ1v) is 8.45. The van der Waals surface area contributed by atoms with Crippen molar-refractivity contribution in [1.29, 1.82) is 0 Å². The number of nitrogens with one attached hydrogen (secondary N) is 2. The number of unbranched alkanes of at least 4 members (excludes halogenated alkanes) is 2. The standard InChI is InChI=1S/C18H28N2O3/c1-3-5-12-19-13-11-17(21)20-16-9-7-15(8-10-16)18(22)23-14-6-4-2/h7-10,19H,3-6,11-14H2,1-2H3,(H,20,21). The van der Waals surface area contributed by atoms with Gasteiger partial charge in [0.05, 0.1) is 12.2 Å². The summed E-state index contributed by atoms with van der Waals surface area (Å²) in [5.41, 5.74) is 1.19. The predicted molar refractivity (Wildman–Crippen MR) is 92.7 cm³/mol. The molecule has 128 valence electrons. The summed E-state index contributed by atoms with van der Waals surface area (Å²) in [5.74, 6) is -0.358. The molecule has 0 saturated heterocycles. The molecular weight excluding hydrogens is 292 g/mol. The molecule has 0 atom stereocenters. The molecule has 0 aliphatic rings. The van der Waals surface area contributed by atoms with Crippen molar-refractivity contribution in [3.05, 3.63) is 29.8 Å². The van der Waals surface area contributed by atoms with Gasteiger partial charge in [0.1, 0.15) is 0 Å². The van der Waals surface area contributed by atoms with Crippen molar-refractivity contribution in [3.63, 3.8) is 0 Å². The van der Waals surface area contributed by atoms with E-state index in [2.05, 4.69) is 17.6 Å². The third-order valence-corrected chi connectivity index (χ3v) is 3.37. The molecule has 23 heavy (non-hydrogen) atoms. The van der Waals surface area contributed by atoms with E-state index in [4.69, 9.17) is 4.74 Å². The highest BCUT2D eigenvalue weighted by Gasteiger charge is 2.07. The normalized spacial score (nSPS) is 10.3. The number of carbonyl (C=O) groups excluding carboxylic acids is 2. The van der Waals surface area contributed by atoms with Gasteiger partial charge in [0.15, 0.2) is 0 Å². The summed E-state index contributed by atoms with van der Waals surface area (Å²) in [5, 5.41) is 6.05. The van der Waals surface area contributed by atoms with Crippen LogP contribution in [0.15, 0.2) is 24.3 Å². The molecule has 0 aliphatic heterocycles. The van der Waals surface area contributed by atoms with E-state index in [0.29, 0.717) is 30.8 Å². The van der Waals surface area contributed by atoms with Gasteiger partial charge >= 0.3 is 5.97 Å². The van der Waals surface area contributed by atoms with Crippen LogP contribution in [0.1, 0.15) is 56.3 Å². The molecule has 0 saturated carbocycles. The second kappa shape index (κ2) is 11.7. The van der Waals surface area contributed by atoms with Crippen LogP contribution in [0.3, 0.4) is 0 Å². The first-order valence-electron chi connectivity index (χ1n) is 8.45. The molecule has 0 fully saturated rings. The molecule has 2 N–H and O–H groups in total. The number of anilines is 1. The van der Waals surface area contributed by atoms with Gasteiger partial charge in [0.2, 0.25) is 5.91 Å². The summed E-state index contributed by atoms with van der Waals surface area (Å²) in [6.45, 7) is 6.24. The molecule has 0 bridgehead atoms. The van der Waals surface area contributed by atoms with Crippen molar-refractivity contribution in [1.82, 2.24) is 5.32 Å². The Balaban J connectivity index is 2.32. The van der Waals surface area contributed by atoms with Gasteiger partial charge in [-0.3, -0.25) is 4.79 Å². The number of esters is 1. The molecule has 1 rings (SSSR count). The first-order chi connectivity index (χ1) is 11.2. The second-order valence-electron chi connectivity index (χ2n) is 5.47. The number of hydrogen-bond acceptors (Lipinski definition) is 4. The number of rotatable bonds is 11. The number of carbonyl (C=O) groups is 2. The van der Waals surface area contributed by atoms with E-state index in [1.807, 2.05) is 6.92 Å². The highest BCUT2D eigenvalue weighted by molar-refractivity contribution is 5.93. The van der Waals surface area contributed by atoms with Gasteiger partial charge in [0, 0.05) is 18.7 Å². The van der Waals surface area contributed by atoms with Crippen LogP contribution < -0.4 is 10.6 Å². The van der Waals surface area contributed by atoms with E-state index in [1.165, 1.54) is 0 Å². The number of amides is 1. The maximum atomic E-state index is 11.8. The summed E-state index contributed by atoms with van der Waals surface area (Å²) in [7, 11) is 0. The van der Waals surface area contributed by atoms with Crippen LogP contribution in [0.2, 0.25) is 0 Å². The predicted octanol–water partition coefficient (Wildman–Crippen LogP) is 3.36. The highest BCUT2D eigenvalue weighted by atomic mass is 16.5. The van der Waals surface area contributed by atoms with Crippen molar-refractivity contribution < 1.29 is 14.3 Å². The smallest absolute Gasteiger partial charge is 0.338 e. The van der Waals surface area contributed by atoms with Gasteiger partial charge < -0.3 is 15.4 Å². The van der Waals surface area contributed by atoms with Gasteiger partial charge in [-0.2, -0.15) is 0 Å². The average molecular weight is 320 g/mol. The van der Waals surface area contributed by atoms with Crippen molar-refractivity contribution in [2.45, 2.75) is 46.0 Å². The summed E-state index contributed by atoms with van der Waals surface area (Å²) in [6.07, 6.45) is 4.56. The second-order valence-corrected chi connectivity index (χ2v) is 5.47. The minimum Gasteiger partial charge on any atom is -0.462 e. The molecule has 0 aliphatic carbocycles. The molecule has 1 amide bonds. The van der Waals surface area contributed by atoms with Crippen LogP contribution in [0.25, 0.3) is 0 Å². The van der Waals surface area contributed by atoms with Crippen LogP contribution in [-0.4, -0.2) is 31.6 Å². The fourth-order valence-electron chi connectivity index (χ4n) is 1.93. The Labute approximate surface area is 138 Å². The lowest BCUT2D eigenvalue weighted by atomic mass is 10.2. The van der Waals surface area contributed by atoms with Crippen molar-refractivity contribution in [2.75, 3.05) is 25.0 Å². The Morgan fingerprint density at radius 1 is 1.00 bits per heavy atom. The highest BCUT2D eigenvalue weighted by Crippen LogP contribution is 2.11. The van der Waals surface area contributed by atoms with Gasteiger partial charge in [0.25, 0.3) is 0 Å². The minimum absolute atomic E-state index is 0.0349. The monoisotopic (exact) mass is 320 g/mol. The Morgan fingerprint density at radius 2 is 1.70 bits per heavy atom. The SMILES string of the molecule is CCCCNCCC(=O)Nc1ccc(C(=O)OCCCC)cc1. The Bertz CT molecular complexity index is 472. The fraction of sp³-hybridized carbons (Fsp3) is 0.556. The topological polar surface area (TPSA) is 67.4 Å². The van der Waals surface area contributed by atoms with Crippen molar-refractivity contribution >= 4 is 17.6 Å². The van der Waals surface area contributed by atoms with E-state index >= 15 is 0 Å². The van der Waals surface area contributed by atoms with Gasteiger partial charge in [-0.1, -0.05) is 26.7 Å². The summed E-state index contributed by atoms with van der Waals surface area (Å²) < 4.78 is 5.14. The molecule has 0 heterocycles. The van der Waals surface area contributed by atoms with Crippen LogP contribution in [-0.2, 0) is 9.53 Å². The van der Waals surface area contributed by atoms with Gasteiger partial charge in [-0.15, -0.1) is 0 Å². The van der Waals surface area contributed by atoms with E-state index in [1.54, 1.807) is 24.3 Å². The molecule has 5 heteroatoms. The lowest BCUT2D eigenvalue weighted by Crippen LogP contribution is -2.22. The van der Waals surface area contributed by atoms with Gasteiger partial charge in [-0.05, 0) is 43.7 Å². The van der Waals surface area contributed by atoms with Crippen molar-refractivity contribution in [2.24, 2.45) is 0 Å².